The van der Waals surface area contributed by atoms with Crippen molar-refractivity contribution in [3.8, 4) is 22.7 Å². The third-order valence-electron chi connectivity index (χ3n) is 12.2. The fraction of sp³-hybridized carbons (Fsp3) is 0. The first kappa shape index (κ1) is 31.2. The highest BCUT2D eigenvalue weighted by Crippen LogP contribution is 2.44. The quantitative estimate of drug-likeness (QED) is 0.171. The molecule has 0 spiro atoms. The summed E-state index contributed by atoms with van der Waals surface area (Å²) in [7, 11) is 0. The molecule has 0 N–H and O–H groups in total. The van der Waals surface area contributed by atoms with Crippen LogP contribution in [-0.4, -0.2) is 18.3 Å². The van der Waals surface area contributed by atoms with E-state index in [4.69, 9.17) is 0 Å². The second kappa shape index (κ2) is 11.8. The zero-order chi connectivity index (χ0) is 37.9. The molecule has 0 saturated heterocycles. The smallest absolute Gasteiger partial charge is 0.0974 e. The molecule has 0 aliphatic heterocycles. The molecule has 268 valence electrons. The Labute approximate surface area is 333 Å². The van der Waals surface area contributed by atoms with Crippen LogP contribution < -0.4 is 0 Å². The maximum absolute atomic E-state index is 3.42. The summed E-state index contributed by atoms with van der Waals surface area (Å²) < 4.78 is 9.71. The van der Waals surface area contributed by atoms with Gasteiger partial charge in [0.15, 0.2) is 0 Å². The summed E-state index contributed by atoms with van der Waals surface area (Å²) in [6.45, 7) is 0. The number of fused-ring (bicyclic) bond motifs is 14. The van der Waals surface area contributed by atoms with Gasteiger partial charge in [-0.15, -0.1) is 0 Å². The molecule has 13 rings (SSSR count). The number of hydrogen-bond donors (Lipinski definition) is 0. The summed E-state index contributed by atoms with van der Waals surface area (Å²) in [5.74, 6) is 0. The van der Waals surface area contributed by atoms with Crippen LogP contribution in [0.3, 0.4) is 0 Å². The number of aromatic nitrogens is 4. The highest BCUT2D eigenvalue weighted by atomic mass is 15.0. The predicted octanol–water partition coefficient (Wildman–Crippen LogP) is 13.7. The number of rotatable bonds is 4. The van der Waals surface area contributed by atoms with E-state index >= 15 is 0 Å². The van der Waals surface area contributed by atoms with Gasteiger partial charge in [0.05, 0.1) is 49.8 Å². The van der Waals surface area contributed by atoms with Crippen molar-refractivity contribution >= 4 is 87.2 Å². The lowest BCUT2D eigenvalue weighted by atomic mass is 10.1. The van der Waals surface area contributed by atoms with Gasteiger partial charge in [0.2, 0.25) is 0 Å². The van der Waals surface area contributed by atoms with Crippen molar-refractivity contribution in [1.29, 1.82) is 0 Å². The third-order valence-corrected chi connectivity index (χ3v) is 12.2. The van der Waals surface area contributed by atoms with Gasteiger partial charge in [0.25, 0.3) is 0 Å². The van der Waals surface area contributed by atoms with Gasteiger partial charge in [-0.1, -0.05) is 121 Å². The molecule has 4 heterocycles. The molecule has 4 heteroatoms. The highest BCUT2D eigenvalue weighted by molar-refractivity contribution is 6.27. The second-order valence-electron chi connectivity index (χ2n) is 15.2. The molecule has 0 fully saturated rings. The maximum atomic E-state index is 3.42. The summed E-state index contributed by atoms with van der Waals surface area (Å²) >= 11 is 0. The summed E-state index contributed by atoms with van der Waals surface area (Å²) in [5, 5.41) is 9.85. The van der Waals surface area contributed by atoms with E-state index < -0.39 is 0 Å². The zero-order valence-corrected chi connectivity index (χ0v) is 31.3. The molecule has 0 aliphatic carbocycles. The van der Waals surface area contributed by atoms with Gasteiger partial charge in [0, 0.05) is 60.2 Å². The normalized spacial score (nSPS) is 12.0. The first-order valence-corrected chi connectivity index (χ1v) is 19.8. The van der Waals surface area contributed by atoms with E-state index in [9.17, 15) is 0 Å². The molecule has 0 bridgehead atoms. The lowest BCUT2D eigenvalue weighted by Crippen LogP contribution is -1.99. The van der Waals surface area contributed by atoms with E-state index in [-0.39, 0.29) is 0 Å². The Balaban J connectivity index is 1.13. The van der Waals surface area contributed by atoms with Crippen molar-refractivity contribution in [3.63, 3.8) is 0 Å². The molecule has 0 radical (unpaired) electrons. The van der Waals surface area contributed by atoms with Crippen molar-refractivity contribution in [2.75, 3.05) is 0 Å². The zero-order valence-electron chi connectivity index (χ0n) is 31.3. The lowest BCUT2D eigenvalue weighted by molar-refractivity contribution is 1.14. The number of nitrogens with zero attached hydrogens (tertiary/aromatic N) is 4. The minimum atomic E-state index is 0.978. The Hall–Kier alpha value is -8.00. The average molecular weight is 737 g/mol. The van der Waals surface area contributed by atoms with Crippen molar-refractivity contribution in [1.82, 2.24) is 18.3 Å². The van der Waals surface area contributed by atoms with Crippen LogP contribution in [0.5, 0.6) is 0 Å². The van der Waals surface area contributed by atoms with Crippen LogP contribution in [0.1, 0.15) is 0 Å². The van der Waals surface area contributed by atoms with E-state index in [1.807, 2.05) is 12.1 Å². The van der Waals surface area contributed by atoms with Crippen LogP contribution in [0.4, 0.5) is 0 Å². The Morgan fingerprint density at radius 1 is 0.293 bits per heavy atom. The van der Waals surface area contributed by atoms with Crippen LogP contribution >= 0.6 is 0 Å². The van der Waals surface area contributed by atoms with Crippen molar-refractivity contribution in [2.45, 2.75) is 0 Å². The van der Waals surface area contributed by atoms with Gasteiger partial charge in [-0.05, 0) is 84.9 Å². The molecular weight excluding hydrogens is 705 g/mol. The topological polar surface area (TPSA) is 19.7 Å². The predicted molar refractivity (Wildman–Crippen MR) is 241 cm³/mol. The molecular formula is C54H32N4. The highest BCUT2D eigenvalue weighted by Gasteiger charge is 2.23. The number of para-hydroxylation sites is 5. The van der Waals surface area contributed by atoms with Crippen LogP contribution in [0, 0.1) is 12.1 Å². The minimum Gasteiger partial charge on any atom is -0.309 e. The summed E-state index contributed by atoms with van der Waals surface area (Å²) in [6.07, 6.45) is 0. The van der Waals surface area contributed by atoms with Crippen LogP contribution in [0.15, 0.2) is 194 Å². The summed E-state index contributed by atoms with van der Waals surface area (Å²) in [4.78, 5) is 0. The number of hydrogen-bond acceptors (Lipinski definition) is 0. The van der Waals surface area contributed by atoms with Gasteiger partial charge in [-0.3, -0.25) is 0 Å². The molecule has 9 aromatic carbocycles. The van der Waals surface area contributed by atoms with E-state index in [1.165, 1.54) is 70.7 Å². The maximum Gasteiger partial charge on any atom is 0.0974 e. The first-order valence-electron chi connectivity index (χ1n) is 19.8. The van der Waals surface area contributed by atoms with Crippen LogP contribution in [0.25, 0.3) is 110 Å². The van der Waals surface area contributed by atoms with Crippen molar-refractivity contribution in [3.05, 3.63) is 206 Å². The van der Waals surface area contributed by atoms with Gasteiger partial charge in [-0.2, -0.15) is 0 Å². The van der Waals surface area contributed by atoms with Crippen molar-refractivity contribution in [2.24, 2.45) is 0 Å². The largest absolute Gasteiger partial charge is 0.309 e. The molecule has 0 atom stereocenters. The minimum absolute atomic E-state index is 0.978. The van der Waals surface area contributed by atoms with E-state index in [2.05, 4.69) is 212 Å². The van der Waals surface area contributed by atoms with E-state index in [1.54, 1.807) is 0 Å². The average Bonchev–Trinajstić information content (AvgIpc) is 4.02. The Morgan fingerprint density at radius 3 is 1.34 bits per heavy atom. The van der Waals surface area contributed by atoms with E-state index in [0.29, 0.717) is 0 Å². The number of benzene rings is 8. The molecule has 0 saturated carbocycles. The molecule has 0 aliphatic rings. The Bertz CT molecular complexity index is 3780. The molecule has 58 heavy (non-hydrogen) atoms. The lowest BCUT2D eigenvalue weighted by Gasteiger charge is -2.13. The van der Waals surface area contributed by atoms with Gasteiger partial charge in [-0.25, -0.2) is 0 Å². The summed E-state index contributed by atoms with van der Waals surface area (Å²) in [5.41, 5.74) is 13.8. The fourth-order valence-electron chi connectivity index (χ4n) is 9.92. The van der Waals surface area contributed by atoms with Crippen LogP contribution in [-0.2, 0) is 0 Å². The molecule has 0 amide bonds. The third kappa shape index (κ3) is 4.14. The summed E-state index contributed by atoms with van der Waals surface area (Å²) in [6, 6.07) is 77.0. The van der Waals surface area contributed by atoms with Crippen LogP contribution in [0.2, 0.25) is 0 Å². The Kier molecular flexibility index (Phi) is 6.33. The molecule has 4 nitrogen and oxygen atoms in total. The molecule has 4 aromatic heterocycles. The standard InChI is InChI=1S/C54H32N4/c1-3-16-35(17-4-1)55-47-28-13-9-24-43(47)51-49(55)32-30-42-40-23-8-12-27-46(40)58(54(42)51)38-21-15-20-37(34-38)56-48-29-14-10-25-44(48)52-50(56)33-31-41-39-22-7-11-26-45(39)57(53(41)52)36-18-5-2-6-19-36/h1-5,7-18,20-34H. The van der Waals surface area contributed by atoms with Gasteiger partial charge < -0.3 is 18.3 Å². The fourth-order valence-corrected chi connectivity index (χ4v) is 9.92. The molecule has 13 aromatic rings. The van der Waals surface area contributed by atoms with Gasteiger partial charge in [0.1, 0.15) is 0 Å². The second-order valence-corrected chi connectivity index (χ2v) is 15.2. The van der Waals surface area contributed by atoms with Gasteiger partial charge >= 0.3 is 0 Å². The first-order chi connectivity index (χ1) is 28.8. The SMILES string of the molecule is c1cccc(-n2c3ccccc3c3ccc4c(c5ccccc5n4-c4cccc(-n5c6ccccc6c6ccc7c(c8ccccc8n7-c7ccccc7)c65)c4)c32)c#1. The monoisotopic (exact) mass is 736 g/mol. The Morgan fingerprint density at radius 2 is 0.759 bits per heavy atom. The van der Waals surface area contributed by atoms with E-state index in [0.717, 1.165) is 39.3 Å². The molecule has 0 unspecified atom stereocenters. The van der Waals surface area contributed by atoms with Crippen molar-refractivity contribution < 1.29 is 0 Å².